The van der Waals surface area contributed by atoms with E-state index in [9.17, 15) is 9.18 Å². The van der Waals surface area contributed by atoms with Crippen LogP contribution in [0.2, 0.25) is 5.02 Å². The molecule has 1 atom stereocenters. The fourth-order valence-corrected chi connectivity index (χ4v) is 3.71. The van der Waals surface area contributed by atoms with E-state index in [4.69, 9.17) is 11.6 Å². The number of carbonyl (C=O) groups excluding carboxylic acids is 1. The van der Waals surface area contributed by atoms with Crippen LogP contribution in [-0.2, 0) is 6.54 Å². The van der Waals surface area contributed by atoms with Crippen LogP contribution in [0, 0.1) is 12.7 Å². The van der Waals surface area contributed by atoms with E-state index in [-0.39, 0.29) is 22.5 Å². The van der Waals surface area contributed by atoms with Gasteiger partial charge in [-0.3, -0.25) is 4.79 Å². The van der Waals surface area contributed by atoms with Crippen molar-refractivity contribution in [2.24, 2.45) is 0 Å². The highest BCUT2D eigenvalue weighted by atomic mass is 35.5. The Balaban J connectivity index is 1.70. The number of anilines is 1. The van der Waals surface area contributed by atoms with Gasteiger partial charge in [0.1, 0.15) is 17.5 Å². The molecule has 0 spiro atoms. The van der Waals surface area contributed by atoms with Gasteiger partial charge in [-0.1, -0.05) is 11.6 Å². The van der Waals surface area contributed by atoms with Crippen LogP contribution in [0.4, 0.5) is 10.2 Å². The average molecular weight is 361 g/mol. The Labute approximate surface area is 150 Å². The molecule has 2 aliphatic rings. The smallest absolute Gasteiger partial charge is 0.254 e. The number of rotatable bonds is 2. The van der Waals surface area contributed by atoms with Crippen LogP contribution in [0.25, 0.3) is 0 Å². The van der Waals surface area contributed by atoms with Crippen molar-refractivity contribution in [1.29, 1.82) is 0 Å². The van der Waals surface area contributed by atoms with Gasteiger partial charge in [-0.25, -0.2) is 14.4 Å². The molecule has 1 aromatic heterocycles. The summed E-state index contributed by atoms with van der Waals surface area (Å²) >= 11 is 5.90. The lowest BCUT2D eigenvalue weighted by atomic mass is 10.1. The molecule has 130 valence electrons. The van der Waals surface area contributed by atoms with Crippen LogP contribution < -0.4 is 4.90 Å². The van der Waals surface area contributed by atoms with Crippen molar-refractivity contribution in [3.8, 4) is 0 Å². The van der Waals surface area contributed by atoms with Gasteiger partial charge in [0.25, 0.3) is 5.91 Å². The first kappa shape index (κ1) is 16.3. The number of amides is 1. The van der Waals surface area contributed by atoms with Gasteiger partial charge in [0, 0.05) is 29.2 Å². The molecular formula is C18H18ClFN4O. The van der Waals surface area contributed by atoms with Crippen molar-refractivity contribution in [2.75, 3.05) is 18.0 Å². The van der Waals surface area contributed by atoms with E-state index in [0.717, 1.165) is 36.6 Å². The van der Waals surface area contributed by atoms with Gasteiger partial charge in [-0.05, 0) is 38.5 Å². The number of aromatic nitrogens is 2. The average Bonchev–Trinajstić information content (AvgIpc) is 2.80. The molecular weight excluding hydrogens is 343 g/mol. The fourth-order valence-electron chi connectivity index (χ4n) is 3.49. The minimum absolute atomic E-state index is 0.166. The maximum Gasteiger partial charge on any atom is 0.254 e. The molecule has 7 heteroatoms. The van der Waals surface area contributed by atoms with Gasteiger partial charge in [0.15, 0.2) is 0 Å². The van der Waals surface area contributed by atoms with Crippen molar-refractivity contribution in [3.63, 3.8) is 0 Å². The normalized spacial score (nSPS) is 19.0. The molecule has 5 nitrogen and oxygen atoms in total. The zero-order valence-electron chi connectivity index (χ0n) is 14.1. The van der Waals surface area contributed by atoms with Crippen LogP contribution in [-0.4, -0.2) is 33.9 Å². The van der Waals surface area contributed by atoms with Gasteiger partial charge in [-0.15, -0.1) is 0 Å². The van der Waals surface area contributed by atoms with Crippen molar-refractivity contribution >= 4 is 23.3 Å². The predicted molar refractivity (Wildman–Crippen MR) is 93.3 cm³/mol. The SMILES string of the molecule is Cc1nc2c(c(N3CCC3)n1)[C@@H](C)N(C(=O)c1cc(F)cc(Cl)c1)C2. The minimum atomic E-state index is -0.517. The third-order valence-electron chi connectivity index (χ3n) is 4.85. The zero-order chi connectivity index (χ0) is 17.7. The second-order valence-electron chi connectivity index (χ2n) is 6.56. The van der Waals surface area contributed by atoms with Crippen molar-refractivity contribution in [2.45, 2.75) is 32.9 Å². The summed E-state index contributed by atoms with van der Waals surface area (Å²) in [6, 6.07) is 3.74. The van der Waals surface area contributed by atoms with E-state index in [2.05, 4.69) is 14.9 Å². The quantitative estimate of drug-likeness (QED) is 0.822. The number of fused-ring (bicyclic) bond motifs is 1. The van der Waals surface area contributed by atoms with Gasteiger partial charge in [0.05, 0.1) is 18.3 Å². The standard InChI is InChI=1S/C18H18ClFN4O/c1-10-16-15(21-11(2)22-17(16)23-4-3-5-23)9-24(10)18(25)12-6-13(19)8-14(20)7-12/h6-8,10H,3-5,9H2,1-2H3/t10-/m1/s1. The van der Waals surface area contributed by atoms with Gasteiger partial charge in [0.2, 0.25) is 0 Å². The molecule has 3 heterocycles. The molecule has 0 aliphatic carbocycles. The Morgan fingerprint density at radius 3 is 2.68 bits per heavy atom. The predicted octanol–water partition coefficient (Wildman–Crippen LogP) is 3.50. The number of hydrogen-bond acceptors (Lipinski definition) is 4. The van der Waals surface area contributed by atoms with Crippen LogP contribution in [0.1, 0.15) is 46.8 Å². The third kappa shape index (κ3) is 2.74. The number of aryl methyl sites for hydroxylation is 1. The summed E-state index contributed by atoms with van der Waals surface area (Å²) in [5, 5.41) is 0.213. The maximum absolute atomic E-state index is 13.6. The highest BCUT2D eigenvalue weighted by molar-refractivity contribution is 6.31. The highest BCUT2D eigenvalue weighted by Crippen LogP contribution is 2.40. The van der Waals surface area contributed by atoms with Gasteiger partial charge >= 0.3 is 0 Å². The van der Waals surface area contributed by atoms with Crippen molar-refractivity contribution in [1.82, 2.24) is 14.9 Å². The Hall–Kier alpha value is -2.21. The Morgan fingerprint density at radius 1 is 1.28 bits per heavy atom. The Bertz CT molecular complexity index is 848. The molecule has 0 N–H and O–H groups in total. The summed E-state index contributed by atoms with van der Waals surface area (Å²) in [6.45, 7) is 6.18. The molecule has 1 amide bonds. The lowest BCUT2D eigenvalue weighted by Gasteiger charge is -2.34. The van der Waals surface area contributed by atoms with E-state index < -0.39 is 5.82 Å². The molecule has 1 aromatic carbocycles. The van der Waals surface area contributed by atoms with Crippen molar-refractivity contribution in [3.05, 3.63) is 51.7 Å². The summed E-state index contributed by atoms with van der Waals surface area (Å²) in [5.74, 6) is 0.862. The lowest BCUT2D eigenvalue weighted by Crippen LogP contribution is -2.39. The van der Waals surface area contributed by atoms with Crippen molar-refractivity contribution < 1.29 is 9.18 Å². The first-order valence-corrected chi connectivity index (χ1v) is 8.71. The second kappa shape index (κ2) is 5.95. The molecule has 2 aromatic rings. The number of nitrogens with zero attached hydrogens (tertiary/aromatic N) is 4. The summed E-state index contributed by atoms with van der Waals surface area (Å²) in [5.41, 5.74) is 2.12. The molecule has 0 bridgehead atoms. The van der Waals surface area contributed by atoms with E-state index in [1.54, 1.807) is 4.90 Å². The summed E-state index contributed by atoms with van der Waals surface area (Å²) in [7, 11) is 0. The molecule has 0 radical (unpaired) electrons. The van der Waals surface area contributed by atoms with Gasteiger partial charge in [-0.2, -0.15) is 0 Å². The molecule has 1 fully saturated rings. The number of carbonyl (C=O) groups is 1. The highest BCUT2D eigenvalue weighted by Gasteiger charge is 2.37. The number of halogens is 2. The second-order valence-corrected chi connectivity index (χ2v) is 7.00. The van der Waals surface area contributed by atoms with Gasteiger partial charge < -0.3 is 9.80 Å². The lowest BCUT2D eigenvalue weighted by molar-refractivity contribution is 0.0703. The summed E-state index contributed by atoms with van der Waals surface area (Å²) < 4.78 is 13.6. The third-order valence-corrected chi connectivity index (χ3v) is 5.07. The number of benzene rings is 1. The molecule has 2 aliphatic heterocycles. The first-order chi connectivity index (χ1) is 11.9. The topological polar surface area (TPSA) is 49.3 Å². The fraction of sp³-hybridized carbons (Fsp3) is 0.389. The molecule has 1 saturated heterocycles. The molecule has 25 heavy (non-hydrogen) atoms. The van der Waals surface area contributed by atoms with Crippen LogP contribution in [0.5, 0.6) is 0 Å². The first-order valence-electron chi connectivity index (χ1n) is 8.33. The monoisotopic (exact) mass is 360 g/mol. The Kier molecular flexibility index (Phi) is 3.87. The zero-order valence-corrected chi connectivity index (χ0v) is 14.8. The maximum atomic E-state index is 13.6. The van der Waals surface area contributed by atoms with Crippen LogP contribution in [0.3, 0.4) is 0 Å². The summed E-state index contributed by atoms with van der Waals surface area (Å²) in [4.78, 5) is 26.0. The largest absolute Gasteiger partial charge is 0.356 e. The van der Waals surface area contributed by atoms with E-state index in [1.165, 1.54) is 18.2 Å². The molecule has 4 rings (SSSR count). The molecule has 0 saturated carbocycles. The molecule has 0 unspecified atom stereocenters. The minimum Gasteiger partial charge on any atom is -0.356 e. The Morgan fingerprint density at radius 2 is 2.04 bits per heavy atom. The van der Waals surface area contributed by atoms with Crippen LogP contribution >= 0.6 is 11.6 Å². The van der Waals surface area contributed by atoms with E-state index in [1.807, 2.05) is 13.8 Å². The summed E-state index contributed by atoms with van der Waals surface area (Å²) in [6.07, 6.45) is 1.15. The van der Waals surface area contributed by atoms with Crippen LogP contribution in [0.15, 0.2) is 18.2 Å². The number of hydrogen-bond donors (Lipinski definition) is 0. The van der Waals surface area contributed by atoms with E-state index in [0.29, 0.717) is 12.4 Å². The van der Waals surface area contributed by atoms with E-state index >= 15 is 0 Å².